The van der Waals surface area contributed by atoms with Crippen molar-refractivity contribution in [1.29, 1.82) is 0 Å². The van der Waals surface area contributed by atoms with Gasteiger partial charge in [0.25, 0.3) is 0 Å². The van der Waals surface area contributed by atoms with Gasteiger partial charge in [-0.05, 0) is 18.1 Å². The predicted molar refractivity (Wildman–Crippen MR) is 61.7 cm³/mol. The lowest BCUT2D eigenvalue weighted by Gasteiger charge is -2.04. The zero-order valence-corrected chi connectivity index (χ0v) is 9.32. The third kappa shape index (κ3) is 4.23. The molecule has 86 valence electrons. The van der Waals surface area contributed by atoms with Crippen LogP contribution >= 0.6 is 0 Å². The van der Waals surface area contributed by atoms with Crippen LogP contribution in [0.3, 0.4) is 0 Å². The Labute approximate surface area is 94.8 Å². The molecule has 0 aliphatic rings. The lowest BCUT2D eigenvalue weighted by Crippen LogP contribution is -2.29. The quantitative estimate of drug-likeness (QED) is 0.754. The standard InChI is InChI=1S/C12H16N2O2/c1-9(15)8-14-12(16)6-10-2-4-11(7-13)5-3-10/h2-5H,6-8,13H2,1H3,(H,14,16). The van der Waals surface area contributed by atoms with Crippen LogP contribution in [0.4, 0.5) is 0 Å². The van der Waals surface area contributed by atoms with Crippen LogP contribution in [0.1, 0.15) is 18.1 Å². The van der Waals surface area contributed by atoms with Crippen molar-refractivity contribution in [2.45, 2.75) is 19.9 Å². The number of carbonyl (C=O) groups is 2. The van der Waals surface area contributed by atoms with Crippen LogP contribution < -0.4 is 11.1 Å². The first kappa shape index (κ1) is 12.4. The molecule has 1 amide bonds. The molecule has 0 fully saturated rings. The maximum Gasteiger partial charge on any atom is 0.224 e. The van der Waals surface area contributed by atoms with Gasteiger partial charge in [-0.1, -0.05) is 24.3 Å². The molecular weight excluding hydrogens is 204 g/mol. The molecule has 0 saturated heterocycles. The average Bonchev–Trinajstić information content (AvgIpc) is 2.27. The molecule has 0 atom stereocenters. The van der Waals surface area contributed by atoms with Crippen molar-refractivity contribution in [2.24, 2.45) is 5.73 Å². The van der Waals surface area contributed by atoms with E-state index in [1.807, 2.05) is 24.3 Å². The number of nitrogens with two attached hydrogens (primary N) is 1. The average molecular weight is 220 g/mol. The molecule has 0 unspecified atom stereocenters. The fourth-order valence-corrected chi connectivity index (χ4v) is 1.26. The van der Waals surface area contributed by atoms with Gasteiger partial charge in [-0.25, -0.2) is 0 Å². The second-order valence-electron chi connectivity index (χ2n) is 3.68. The molecule has 0 aliphatic heterocycles. The molecule has 0 radical (unpaired) electrons. The van der Waals surface area contributed by atoms with Gasteiger partial charge < -0.3 is 11.1 Å². The third-order valence-electron chi connectivity index (χ3n) is 2.16. The summed E-state index contributed by atoms with van der Waals surface area (Å²) < 4.78 is 0. The highest BCUT2D eigenvalue weighted by Gasteiger charge is 2.03. The second kappa shape index (κ2) is 6.02. The molecule has 0 spiro atoms. The largest absolute Gasteiger partial charge is 0.349 e. The molecule has 0 saturated carbocycles. The van der Waals surface area contributed by atoms with Crippen molar-refractivity contribution in [3.8, 4) is 0 Å². The van der Waals surface area contributed by atoms with Crippen LogP contribution in [0, 0.1) is 0 Å². The first-order valence-electron chi connectivity index (χ1n) is 5.16. The van der Waals surface area contributed by atoms with Gasteiger partial charge in [0.05, 0.1) is 13.0 Å². The zero-order chi connectivity index (χ0) is 12.0. The van der Waals surface area contributed by atoms with Crippen molar-refractivity contribution in [2.75, 3.05) is 6.54 Å². The van der Waals surface area contributed by atoms with E-state index in [0.29, 0.717) is 6.54 Å². The molecule has 0 aromatic heterocycles. The number of Topliss-reactive ketones (excluding diaryl/α,β-unsaturated/α-hetero) is 1. The smallest absolute Gasteiger partial charge is 0.224 e. The van der Waals surface area contributed by atoms with Gasteiger partial charge in [0, 0.05) is 6.54 Å². The number of amides is 1. The number of hydrogen-bond acceptors (Lipinski definition) is 3. The SMILES string of the molecule is CC(=O)CNC(=O)Cc1ccc(CN)cc1. The summed E-state index contributed by atoms with van der Waals surface area (Å²) in [5.41, 5.74) is 7.42. The van der Waals surface area contributed by atoms with E-state index in [4.69, 9.17) is 5.73 Å². The topological polar surface area (TPSA) is 72.2 Å². The van der Waals surface area contributed by atoms with Crippen LogP contribution in [0.25, 0.3) is 0 Å². The molecule has 16 heavy (non-hydrogen) atoms. The fourth-order valence-electron chi connectivity index (χ4n) is 1.26. The highest BCUT2D eigenvalue weighted by atomic mass is 16.2. The van der Waals surface area contributed by atoms with Crippen molar-refractivity contribution in [3.63, 3.8) is 0 Å². The maximum absolute atomic E-state index is 11.4. The summed E-state index contributed by atoms with van der Waals surface area (Å²) in [6, 6.07) is 7.53. The van der Waals surface area contributed by atoms with Gasteiger partial charge in [-0.2, -0.15) is 0 Å². The fraction of sp³-hybridized carbons (Fsp3) is 0.333. The van der Waals surface area contributed by atoms with Gasteiger partial charge in [0.2, 0.25) is 5.91 Å². The molecule has 3 N–H and O–H groups in total. The van der Waals surface area contributed by atoms with Gasteiger partial charge in [-0.15, -0.1) is 0 Å². The first-order chi connectivity index (χ1) is 7.61. The summed E-state index contributed by atoms with van der Waals surface area (Å²) in [7, 11) is 0. The Bertz CT molecular complexity index is 371. The molecule has 0 heterocycles. The Kier molecular flexibility index (Phi) is 4.66. The van der Waals surface area contributed by atoms with Crippen LogP contribution in [-0.4, -0.2) is 18.2 Å². The number of nitrogens with one attached hydrogen (secondary N) is 1. The van der Waals surface area contributed by atoms with E-state index in [1.54, 1.807) is 0 Å². The van der Waals surface area contributed by atoms with E-state index in [1.165, 1.54) is 6.92 Å². The van der Waals surface area contributed by atoms with Crippen molar-refractivity contribution in [3.05, 3.63) is 35.4 Å². The van der Waals surface area contributed by atoms with E-state index in [2.05, 4.69) is 5.32 Å². The van der Waals surface area contributed by atoms with E-state index in [0.717, 1.165) is 11.1 Å². The third-order valence-corrected chi connectivity index (χ3v) is 2.16. The molecule has 0 aliphatic carbocycles. The molecular formula is C12H16N2O2. The summed E-state index contributed by atoms with van der Waals surface area (Å²) in [5.74, 6) is -0.192. The summed E-state index contributed by atoms with van der Waals surface area (Å²) in [5, 5.41) is 2.55. The maximum atomic E-state index is 11.4. The zero-order valence-electron chi connectivity index (χ0n) is 9.32. The van der Waals surface area contributed by atoms with E-state index in [-0.39, 0.29) is 24.7 Å². The lowest BCUT2D eigenvalue weighted by molar-refractivity contribution is -0.124. The van der Waals surface area contributed by atoms with Crippen molar-refractivity contribution < 1.29 is 9.59 Å². The molecule has 1 rings (SSSR count). The van der Waals surface area contributed by atoms with Crippen LogP contribution in [-0.2, 0) is 22.6 Å². The highest BCUT2D eigenvalue weighted by molar-refractivity contribution is 5.85. The summed E-state index contributed by atoms with van der Waals surface area (Å²) >= 11 is 0. The monoisotopic (exact) mass is 220 g/mol. The van der Waals surface area contributed by atoms with Crippen LogP contribution in [0.5, 0.6) is 0 Å². The first-order valence-corrected chi connectivity index (χ1v) is 5.16. The van der Waals surface area contributed by atoms with Crippen molar-refractivity contribution in [1.82, 2.24) is 5.32 Å². The highest BCUT2D eigenvalue weighted by Crippen LogP contribution is 2.04. The summed E-state index contributed by atoms with van der Waals surface area (Å²) in [4.78, 5) is 22.0. The van der Waals surface area contributed by atoms with Crippen molar-refractivity contribution >= 4 is 11.7 Å². The van der Waals surface area contributed by atoms with E-state index < -0.39 is 0 Å². The minimum absolute atomic E-state index is 0.0492. The molecule has 1 aromatic rings. The Morgan fingerprint density at radius 3 is 2.25 bits per heavy atom. The van der Waals surface area contributed by atoms with Gasteiger partial charge in [0.15, 0.2) is 0 Å². The minimum Gasteiger partial charge on any atom is -0.349 e. The normalized spacial score (nSPS) is 9.88. The lowest BCUT2D eigenvalue weighted by atomic mass is 10.1. The van der Waals surface area contributed by atoms with Crippen LogP contribution in [0.15, 0.2) is 24.3 Å². The number of ketones is 1. The Morgan fingerprint density at radius 1 is 1.19 bits per heavy atom. The molecule has 4 nitrogen and oxygen atoms in total. The van der Waals surface area contributed by atoms with Crippen LogP contribution in [0.2, 0.25) is 0 Å². The predicted octanol–water partition coefficient (Wildman–Crippen LogP) is 0.393. The second-order valence-corrected chi connectivity index (χ2v) is 3.68. The summed E-state index contributed by atoms with van der Waals surface area (Å²) in [6.07, 6.45) is 0.290. The van der Waals surface area contributed by atoms with Gasteiger partial charge in [0.1, 0.15) is 5.78 Å². The number of hydrogen-bond donors (Lipinski definition) is 2. The summed E-state index contributed by atoms with van der Waals surface area (Å²) in [6.45, 7) is 2.03. The van der Waals surface area contributed by atoms with Gasteiger partial charge >= 0.3 is 0 Å². The molecule has 0 bridgehead atoms. The van der Waals surface area contributed by atoms with Gasteiger partial charge in [-0.3, -0.25) is 9.59 Å². The number of carbonyl (C=O) groups excluding carboxylic acids is 2. The minimum atomic E-state index is -0.143. The Hall–Kier alpha value is -1.68. The number of rotatable bonds is 5. The van der Waals surface area contributed by atoms with E-state index >= 15 is 0 Å². The Morgan fingerprint density at radius 2 is 1.75 bits per heavy atom. The van der Waals surface area contributed by atoms with E-state index in [9.17, 15) is 9.59 Å². The molecule has 4 heteroatoms. The number of benzene rings is 1. The molecule has 1 aromatic carbocycles. The Balaban J connectivity index is 2.46.